The first-order valence-corrected chi connectivity index (χ1v) is 10.6. The van der Waals surface area contributed by atoms with Gasteiger partial charge in [0.05, 0.1) is 11.3 Å². The third-order valence-corrected chi connectivity index (χ3v) is 5.11. The van der Waals surface area contributed by atoms with E-state index >= 15 is 0 Å². The Hall–Kier alpha value is -2.82. The molecule has 3 N–H and O–H groups in total. The fraction of sp³-hybridized carbons (Fsp3) is 0.360. The summed E-state index contributed by atoms with van der Waals surface area (Å²) in [5.74, 6) is 1.30. The molecule has 2 aromatic carbocycles. The van der Waals surface area contributed by atoms with Crippen LogP contribution >= 0.6 is 0 Å². The maximum atomic E-state index is 13.7. The van der Waals surface area contributed by atoms with Gasteiger partial charge in [-0.3, -0.25) is 0 Å². The predicted molar refractivity (Wildman–Crippen MR) is 123 cm³/mol. The van der Waals surface area contributed by atoms with Crippen molar-refractivity contribution < 1.29 is 8.78 Å². The first-order chi connectivity index (χ1) is 14.5. The number of halogens is 2. The van der Waals surface area contributed by atoms with Crippen LogP contribution in [-0.2, 0) is 0 Å². The number of nitrogens with one attached hydrogen (secondary N) is 3. The van der Waals surface area contributed by atoms with Gasteiger partial charge in [0.15, 0.2) is 0 Å². The van der Waals surface area contributed by atoms with Crippen LogP contribution < -0.4 is 10.6 Å². The van der Waals surface area contributed by atoms with Crippen LogP contribution in [-0.4, -0.2) is 18.6 Å². The van der Waals surface area contributed by atoms with E-state index in [1.807, 2.05) is 40.0 Å². The second-order valence-electron chi connectivity index (χ2n) is 7.31. The Morgan fingerprint density at radius 2 is 1.77 bits per heavy atom. The van der Waals surface area contributed by atoms with Crippen molar-refractivity contribution >= 4 is 10.9 Å². The van der Waals surface area contributed by atoms with Crippen LogP contribution in [0.1, 0.15) is 38.7 Å². The topological polar surface area (TPSA) is 39.8 Å². The first-order valence-electron chi connectivity index (χ1n) is 10.6. The third-order valence-electron chi connectivity index (χ3n) is 5.11. The fourth-order valence-electron chi connectivity index (χ4n) is 3.18. The molecule has 0 radical (unpaired) electrons. The Kier molecular flexibility index (Phi) is 8.90. The summed E-state index contributed by atoms with van der Waals surface area (Å²) in [4.78, 5) is 3.03. The molecular formula is C25H33F2N3. The van der Waals surface area contributed by atoms with Crippen molar-refractivity contribution in [1.29, 1.82) is 0 Å². The van der Waals surface area contributed by atoms with Gasteiger partial charge in [-0.1, -0.05) is 26.8 Å². The molecule has 0 bridgehead atoms. The van der Waals surface area contributed by atoms with E-state index in [9.17, 15) is 8.78 Å². The van der Waals surface area contributed by atoms with E-state index in [1.165, 1.54) is 37.5 Å². The number of hydrogen-bond acceptors (Lipinski definition) is 2. The van der Waals surface area contributed by atoms with E-state index in [4.69, 9.17) is 0 Å². The van der Waals surface area contributed by atoms with E-state index in [1.54, 1.807) is 12.1 Å². The maximum Gasteiger partial charge on any atom is 0.147 e. The number of fused-ring (bicyclic) bond motifs is 1. The number of rotatable bonds is 5. The van der Waals surface area contributed by atoms with Crippen molar-refractivity contribution in [2.45, 2.75) is 40.0 Å². The normalized spacial score (nSPS) is 12.7. The highest BCUT2D eigenvalue weighted by atomic mass is 19.1. The highest BCUT2D eigenvalue weighted by Gasteiger charge is 2.16. The van der Waals surface area contributed by atoms with Crippen molar-refractivity contribution in [2.24, 2.45) is 5.92 Å². The van der Waals surface area contributed by atoms with Gasteiger partial charge in [0.2, 0.25) is 0 Å². The third kappa shape index (κ3) is 6.34. The Bertz CT molecular complexity index is 941. The minimum atomic E-state index is -0.281. The summed E-state index contributed by atoms with van der Waals surface area (Å²) in [5.41, 5.74) is 2.99. The Balaban J connectivity index is 0.000000228. The van der Waals surface area contributed by atoms with Gasteiger partial charge in [-0.2, -0.15) is 0 Å². The molecule has 1 fully saturated rings. The summed E-state index contributed by atoms with van der Waals surface area (Å²) in [5, 5.41) is 7.02. The number of benzene rings is 2. The second kappa shape index (κ2) is 11.4. The number of hydrogen-bond donors (Lipinski definition) is 3. The smallest absolute Gasteiger partial charge is 0.147 e. The van der Waals surface area contributed by atoms with Gasteiger partial charge in [-0.05, 0) is 79.3 Å². The highest BCUT2D eigenvalue weighted by Crippen LogP contribution is 2.27. The number of aromatic nitrogens is 1. The summed E-state index contributed by atoms with van der Waals surface area (Å²) < 4.78 is 26.6. The summed E-state index contributed by atoms with van der Waals surface area (Å²) in [7, 11) is 1.89. The number of H-pyrrole nitrogens is 1. The molecule has 0 atom stereocenters. The summed E-state index contributed by atoms with van der Waals surface area (Å²) in [6, 6.07) is 11.4. The molecule has 1 heterocycles. The van der Waals surface area contributed by atoms with Crippen LogP contribution in [0.25, 0.3) is 22.2 Å². The van der Waals surface area contributed by atoms with Crippen molar-refractivity contribution in [2.75, 3.05) is 13.6 Å². The molecule has 1 aliphatic rings. The Morgan fingerprint density at radius 3 is 2.33 bits per heavy atom. The molecule has 0 spiro atoms. The molecule has 1 saturated carbocycles. The molecule has 0 amide bonds. The van der Waals surface area contributed by atoms with Gasteiger partial charge in [0, 0.05) is 24.7 Å². The summed E-state index contributed by atoms with van der Waals surface area (Å²) in [6.07, 6.45) is 4.20. The van der Waals surface area contributed by atoms with Crippen LogP contribution in [0, 0.1) is 24.5 Å². The lowest BCUT2D eigenvalue weighted by Crippen LogP contribution is -2.30. The molecule has 1 aromatic heterocycles. The average molecular weight is 414 g/mol. The zero-order valence-corrected chi connectivity index (χ0v) is 18.4. The van der Waals surface area contributed by atoms with Gasteiger partial charge in [0.25, 0.3) is 0 Å². The van der Waals surface area contributed by atoms with Gasteiger partial charge in [0.1, 0.15) is 11.6 Å². The molecule has 1 aliphatic carbocycles. The maximum absolute atomic E-state index is 13.7. The first kappa shape index (κ1) is 23.5. The van der Waals surface area contributed by atoms with Crippen LogP contribution in [0.15, 0.2) is 54.9 Å². The highest BCUT2D eigenvalue weighted by molar-refractivity contribution is 5.86. The van der Waals surface area contributed by atoms with Crippen molar-refractivity contribution in [3.05, 3.63) is 72.1 Å². The Labute approximate surface area is 178 Å². The molecule has 0 aliphatic heterocycles. The molecule has 4 rings (SSSR count). The van der Waals surface area contributed by atoms with Gasteiger partial charge in [-0.15, -0.1) is 0 Å². The molecule has 3 aromatic rings. The van der Waals surface area contributed by atoms with Crippen LogP contribution in [0.2, 0.25) is 0 Å². The number of aromatic amines is 1. The molecule has 0 unspecified atom stereocenters. The summed E-state index contributed by atoms with van der Waals surface area (Å²) in [6.45, 7) is 10.7. The zero-order valence-electron chi connectivity index (χ0n) is 18.4. The monoisotopic (exact) mass is 413 g/mol. The molecular weight excluding hydrogens is 380 g/mol. The van der Waals surface area contributed by atoms with Crippen LogP contribution in [0.4, 0.5) is 8.78 Å². The average Bonchev–Trinajstić information content (AvgIpc) is 3.13. The van der Waals surface area contributed by atoms with Crippen molar-refractivity contribution in [3.8, 4) is 11.3 Å². The van der Waals surface area contributed by atoms with E-state index in [-0.39, 0.29) is 11.6 Å². The molecule has 5 heteroatoms. The fourth-order valence-corrected chi connectivity index (χ4v) is 3.18. The van der Waals surface area contributed by atoms with Gasteiger partial charge >= 0.3 is 0 Å². The minimum absolute atomic E-state index is 0.265. The second-order valence-corrected chi connectivity index (χ2v) is 7.31. The van der Waals surface area contributed by atoms with E-state index in [0.29, 0.717) is 5.52 Å². The van der Waals surface area contributed by atoms with Crippen molar-refractivity contribution in [3.63, 3.8) is 0 Å². The largest absolute Gasteiger partial charge is 0.375 e. The van der Waals surface area contributed by atoms with Crippen LogP contribution in [0.3, 0.4) is 0 Å². The lowest BCUT2D eigenvalue weighted by atomic mass is 9.85. The van der Waals surface area contributed by atoms with Gasteiger partial charge in [-0.25, -0.2) is 8.78 Å². The molecule has 30 heavy (non-hydrogen) atoms. The summed E-state index contributed by atoms with van der Waals surface area (Å²) >= 11 is 0. The lowest BCUT2D eigenvalue weighted by molar-refractivity contribution is 0.308. The molecule has 162 valence electrons. The van der Waals surface area contributed by atoms with E-state index < -0.39 is 0 Å². The van der Waals surface area contributed by atoms with E-state index in [0.717, 1.165) is 40.5 Å². The number of aryl methyl sites for hydroxylation is 1. The molecule has 3 nitrogen and oxygen atoms in total. The van der Waals surface area contributed by atoms with Crippen molar-refractivity contribution in [1.82, 2.24) is 15.6 Å². The minimum Gasteiger partial charge on any atom is -0.375 e. The lowest BCUT2D eigenvalue weighted by Gasteiger charge is -2.26. The van der Waals surface area contributed by atoms with E-state index in [2.05, 4.69) is 22.2 Å². The quantitative estimate of drug-likeness (QED) is 0.446. The SMILES string of the molecule is C=C(NC)NCC1CCC1.CC.Cc1cc(F)c2[nH]c(-c3ccc(F)cc3)cc2c1. The Morgan fingerprint density at radius 1 is 1.10 bits per heavy atom. The van der Waals surface area contributed by atoms with Crippen LogP contribution in [0.5, 0.6) is 0 Å². The standard InChI is InChI=1S/C15H11F2N.C8H16N2.C2H6/c1-9-6-11-8-14(18-15(11)13(17)7-9)10-2-4-12(16)5-3-10;1-7(9-2)10-6-8-4-3-5-8;1-2/h2-8,18H,1H3;8-10H,1,3-6H2,2H3;1-2H3. The predicted octanol–water partition coefficient (Wildman–Crippen LogP) is 6.51. The van der Waals surface area contributed by atoms with Gasteiger partial charge < -0.3 is 15.6 Å². The molecule has 0 saturated heterocycles. The zero-order chi connectivity index (χ0) is 22.1.